The Kier molecular flexibility index (Phi) is 3.11. The van der Waals surface area contributed by atoms with Gasteiger partial charge < -0.3 is 10.2 Å². The van der Waals surface area contributed by atoms with Crippen LogP contribution in [0.3, 0.4) is 0 Å². The van der Waals surface area contributed by atoms with Crippen LogP contribution >= 0.6 is 11.3 Å². The second kappa shape index (κ2) is 3.78. The van der Waals surface area contributed by atoms with E-state index in [2.05, 4.69) is 0 Å². The van der Waals surface area contributed by atoms with Gasteiger partial charge in [-0.2, -0.15) is 0 Å². The molecule has 2 nitrogen and oxygen atoms in total. The van der Waals surface area contributed by atoms with Crippen molar-refractivity contribution in [1.29, 1.82) is 0 Å². The monoisotopic (exact) mass is 200 g/mol. The Morgan fingerprint density at radius 3 is 2.62 bits per heavy atom. The summed E-state index contributed by atoms with van der Waals surface area (Å²) in [4.78, 5) is 0.867. The largest absolute Gasteiger partial charge is 0.387 e. The lowest BCUT2D eigenvalue weighted by Gasteiger charge is -2.27. The molecule has 0 aliphatic rings. The van der Waals surface area contributed by atoms with E-state index in [1.807, 2.05) is 25.3 Å². The van der Waals surface area contributed by atoms with Crippen LogP contribution in [0.15, 0.2) is 11.4 Å². The zero-order valence-electron chi connectivity index (χ0n) is 8.24. The van der Waals surface area contributed by atoms with Crippen molar-refractivity contribution in [2.75, 3.05) is 0 Å². The van der Waals surface area contributed by atoms with Crippen LogP contribution < -0.4 is 0 Å². The van der Waals surface area contributed by atoms with Crippen molar-refractivity contribution in [2.24, 2.45) is 0 Å². The minimum atomic E-state index is -1.02. The molecular weight excluding hydrogens is 184 g/mol. The molecular formula is C10H16O2S. The number of aryl methyl sites for hydroxylation is 1. The van der Waals surface area contributed by atoms with Crippen molar-refractivity contribution < 1.29 is 10.2 Å². The van der Waals surface area contributed by atoms with Crippen molar-refractivity contribution in [3.8, 4) is 0 Å². The summed E-state index contributed by atoms with van der Waals surface area (Å²) in [7, 11) is 0. The van der Waals surface area contributed by atoms with E-state index in [4.69, 9.17) is 0 Å². The van der Waals surface area contributed by atoms with Gasteiger partial charge in [0.1, 0.15) is 6.10 Å². The zero-order chi connectivity index (χ0) is 10.1. The fourth-order valence-electron chi connectivity index (χ4n) is 1.14. The van der Waals surface area contributed by atoms with Crippen molar-refractivity contribution in [3.63, 3.8) is 0 Å². The van der Waals surface area contributed by atoms with Gasteiger partial charge in [-0.25, -0.2) is 0 Å². The molecule has 1 heterocycles. The molecule has 0 spiro atoms. The molecule has 1 aromatic rings. The van der Waals surface area contributed by atoms with Gasteiger partial charge in [-0.3, -0.25) is 0 Å². The predicted octanol–water partition coefficient (Wildman–Crippen LogP) is 2.25. The second-order valence-corrected chi connectivity index (χ2v) is 4.53. The highest BCUT2D eigenvalue weighted by atomic mass is 32.1. The Morgan fingerprint density at radius 1 is 1.62 bits per heavy atom. The Bertz CT molecular complexity index is 278. The predicted molar refractivity (Wildman–Crippen MR) is 54.9 cm³/mol. The first kappa shape index (κ1) is 10.7. The molecule has 74 valence electrons. The summed E-state index contributed by atoms with van der Waals surface area (Å²) in [5.41, 5.74) is 0.0292. The molecule has 0 saturated heterocycles. The van der Waals surface area contributed by atoms with Crippen molar-refractivity contribution >= 4 is 11.3 Å². The van der Waals surface area contributed by atoms with Gasteiger partial charge in [-0.05, 0) is 37.3 Å². The third-order valence-corrected chi connectivity index (χ3v) is 3.53. The van der Waals surface area contributed by atoms with E-state index in [0.717, 1.165) is 10.4 Å². The fraction of sp³-hybridized carbons (Fsp3) is 0.600. The lowest BCUT2D eigenvalue weighted by Crippen LogP contribution is -2.31. The highest BCUT2D eigenvalue weighted by Gasteiger charge is 2.31. The van der Waals surface area contributed by atoms with E-state index in [1.54, 1.807) is 6.92 Å². The van der Waals surface area contributed by atoms with Gasteiger partial charge in [-0.1, -0.05) is 6.92 Å². The first-order valence-corrected chi connectivity index (χ1v) is 5.31. The SMILES string of the molecule is CCC(C)(O)C(O)c1sccc1C. The van der Waals surface area contributed by atoms with E-state index >= 15 is 0 Å². The number of aliphatic hydroxyl groups excluding tert-OH is 1. The summed E-state index contributed by atoms with van der Waals surface area (Å²) < 4.78 is 0. The Morgan fingerprint density at radius 2 is 2.23 bits per heavy atom. The highest BCUT2D eigenvalue weighted by Crippen LogP contribution is 2.33. The summed E-state index contributed by atoms with van der Waals surface area (Å²) in [6.45, 7) is 5.48. The average molecular weight is 200 g/mol. The minimum Gasteiger partial charge on any atom is -0.387 e. The van der Waals surface area contributed by atoms with E-state index < -0.39 is 11.7 Å². The number of thiophene rings is 1. The molecule has 0 saturated carbocycles. The molecule has 2 atom stereocenters. The molecule has 3 heteroatoms. The van der Waals surface area contributed by atoms with Crippen LogP contribution in [0.4, 0.5) is 0 Å². The van der Waals surface area contributed by atoms with Gasteiger partial charge in [0.25, 0.3) is 0 Å². The van der Waals surface area contributed by atoms with Crippen molar-refractivity contribution in [1.82, 2.24) is 0 Å². The van der Waals surface area contributed by atoms with Gasteiger partial charge in [-0.15, -0.1) is 11.3 Å². The maximum absolute atomic E-state index is 9.88. The molecule has 0 amide bonds. The maximum atomic E-state index is 9.88. The topological polar surface area (TPSA) is 40.5 Å². The van der Waals surface area contributed by atoms with Crippen LogP contribution in [-0.2, 0) is 0 Å². The van der Waals surface area contributed by atoms with Crippen molar-refractivity contribution in [3.05, 3.63) is 21.9 Å². The number of aliphatic hydroxyl groups is 2. The van der Waals surface area contributed by atoms with Crippen LogP contribution in [0.1, 0.15) is 36.8 Å². The molecule has 0 aromatic carbocycles. The van der Waals surface area contributed by atoms with Crippen molar-refractivity contribution in [2.45, 2.75) is 38.9 Å². The Labute approximate surface area is 82.8 Å². The summed E-state index contributed by atoms with van der Waals surface area (Å²) in [6.07, 6.45) is -0.219. The molecule has 0 aliphatic heterocycles. The quantitative estimate of drug-likeness (QED) is 0.785. The first-order chi connectivity index (χ1) is 5.99. The molecule has 1 aromatic heterocycles. The van der Waals surface area contributed by atoms with Crippen LogP contribution in [0, 0.1) is 6.92 Å². The molecule has 1 rings (SSSR count). The lowest BCUT2D eigenvalue weighted by atomic mass is 9.94. The van der Waals surface area contributed by atoms with Crippen LogP contribution in [0.25, 0.3) is 0 Å². The molecule has 0 aliphatic carbocycles. The number of hydrogen-bond donors (Lipinski definition) is 2. The van der Waals surface area contributed by atoms with Gasteiger partial charge in [0.2, 0.25) is 0 Å². The third kappa shape index (κ3) is 2.10. The normalized spacial score (nSPS) is 18.2. The van der Waals surface area contributed by atoms with Gasteiger partial charge in [0.15, 0.2) is 0 Å². The van der Waals surface area contributed by atoms with Gasteiger partial charge >= 0.3 is 0 Å². The number of hydrogen-bond acceptors (Lipinski definition) is 3. The average Bonchev–Trinajstić information content (AvgIpc) is 2.50. The second-order valence-electron chi connectivity index (χ2n) is 3.58. The minimum absolute atomic E-state index is 0.547. The molecule has 13 heavy (non-hydrogen) atoms. The Balaban J connectivity index is 2.91. The fourth-order valence-corrected chi connectivity index (χ4v) is 2.20. The zero-order valence-corrected chi connectivity index (χ0v) is 9.06. The van der Waals surface area contributed by atoms with Crippen LogP contribution in [0.5, 0.6) is 0 Å². The van der Waals surface area contributed by atoms with E-state index in [0.29, 0.717) is 6.42 Å². The standard InChI is InChI=1S/C10H16O2S/c1-4-10(3,12)9(11)8-7(2)5-6-13-8/h5-6,9,11-12H,4H2,1-3H3. The third-order valence-electron chi connectivity index (χ3n) is 2.45. The molecule has 0 radical (unpaired) electrons. The van der Waals surface area contributed by atoms with Crippen LogP contribution in [0.2, 0.25) is 0 Å². The molecule has 2 N–H and O–H groups in total. The number of rotatable bonds is 3. The van der Waals surface area contributed by atoms with E-state index in [-0.39, 0.29) is 0 Å². The van der Waals surface area contributed by atoms with Gasteiger partial charge in [0, 0.05) is 4.88 Å². The lowest BCUT2D eigenvalue weighted by molar-refractivity contribution is -0.0644. The van der Waals surface area contributed by atoms with E-state index in [1.165, 1.54) is 11.3 Å². The highest BCUT2D eigenvalue weighted by molar-refractivity contribution is 7.10. The van der Waals surface area contributed by atoms with Gasteiger partial charge in [0.05, 0.1) is 5.60 Å². The smallest absolute Gasteiger partial charge is 0.117 e. The summed E-state index contributed by atoms with van der Waals surface area (Å²) in [5, 5.41) is 21.7. The molecule has 0 fully saturated rings. The summed E-state index contributed by atoms with van der Waals surface area (Å²) in [6, 6.07) is 1.95. The molecule has 2 unspecified atom stereocenters. The van der Waals surface area contributed by atoms with E-state index in [9.17, 15) is 10.2 Å². The first-order valence-electron chi connectivity index (χ1n) is 4.43. The maximum Gasteiger partial charge on any atom is 0.117 e. The Hall–Kier alpha value is -0.380. The summed E-state index contributed by atoms with van der Waals surface area (Å²) in [5.74, 6) is 0. The molecule has 0 bridgehead atoms. The summed E-state index contributed by atoms with van der Waals surface area (Å²) >= 11 is 1.49. The van der Waals surface area contributed by atoms with Crippen LogP contribution in [-0.4, -0.2) is 15.8 Å².